The van der Waals surface area contributed by atoms with Gasteiger partial charge in [0.25, 0.3) is 5.91 Å². The number of ether oxygens (including phenoxy) is 1. The predicted molar refractivity (Wildman–Crippen MR) is 140 cm³/mol. The third-order valence-corrected chi connectivity index (χ3v) is 5.37. The van der Waals surface area contributed by atoms with Crippen molar-refractivity contribution < 1.29 is 19.1 Å². The average Bonchev–Trinajstić information content (AvgIpc) is 2.91. The van der Waals surface area contributed by atoms with Gasteiger partial charge in [-0.2, -0.15) is 0 Å². The number of fused-ring (bicyclic) bond motifs is 1. The summed E-state index contributed by atoms with van der Waals surface area (Å²) in [7, 11) is 1.54. The lowest BCUT2D eigenvalue weighted by Crippen LogP contribution is -2.33. The van der Waals surface area contributed by atoms with Crippen molar-refractivity contribution in [3.8, 4) is 17.0 Å². The van der Waals surface area contributed by atoms with E-state index in [1.807, 2.05) is 30.3 Å². The van der Waals surface area contributed by atoms with E-state index in [9.17, 15) is 14.4 Å². The predicted octanol–water partition coefficient (Wildman–Crippen LogP) is 4.40. The van der Waals surface area contributed by atoms with E-state index in [2.05, 4.69) is 27.5 Å². The van der Waals surface area contributed by atoms with Crippen LogP contribution in [0.4, 0.5) is 11.4 Å². The summed E-state index contributed by atoms with van der Waals surface area (Å²) in [5.74, 6) is -0.546. The number of aromatic nitrogens is 1. The molecule has 0 spiro atoms. The van der Waals surface area contributed by atoms with Gasteiger partial charge in [0, 0.05) is 28.4 Å². The zero-order valence-electron chi connectivity index (χ0n) is 19.6. The van der Waals surface area contributed by atoms with Crippen LogP contribution in [0.15, 0.2) is 91.5 Å². The first-order valence-electron chi connectivity index (χ1n) is 11.1. The van der Waals surface area contributed by atoms with Crippen molar-refractivity contribution in [1.29, 1.82) is 0 Å². The first-order valence-corrected chi connectivity index (χ1v) is 11.1. The standard InChI is InChI=1S/C28H24N4O4/c1-3-26(33)32-24-11-4-7-18-13-14-19(15-22(18)24)23-10-6-12-25(31-23)28(35)29-17-27(34)30-20-8-5-9-21(16-20)36-2/h3-16H,1,17H2,2H3,(H,29,35)(H,30,34)(H,32,33). The fourth-order valence-corrected chi connectivity index (χ4v) is 3.60. The van der Waals surface area contributed by atoms with Gasteiger partial charge in [0.15, 0.2) is 0 Å². The lowest BCUT2D eigenvalue weighted by molar-refractivity contribution is -0.115. The number of nitrogens with zero attached hydrogens (tertiary/aromatic N) is 1. The lowest BCUT2D eigenvalue weighted by Gasteiger charge is -2.10. The average molecular weight is 481 g/mol. The summed E-state index contributed by atoms with van der Waals surface area (Å²) in [6.45, 7) is 3.27. The Kier molecular flexibility index (Phi) is 7.36. The number of carbonyl (C=O) groups excluding carboxylic acids is 3. The number of hydrogen-bond acceptors (Lipinski definition) is 5. The third-order valence-electron chi connectivity index (χ3n) is 5.37. The minimum absolute atomic E-state index is 0.176. The molecule has 3 N–H and O–H groups in total. The fourth-order valence-electron chi connectivity index (χ4n) is 3.60. The van der Waals surface area contributed by atoms with Gasteiger partial charge in [-0.3, -0.25) is 14.4 Å². The molecular formula is C28H24N4O4. The Balaban J connectivity index is 1.48. The minimum atomic E-state index is -0.475. The van der Waals surface area contributed by atoms with Crippen LogP contribution in [0.1, 0.15) is 10.5 Å². The SMILES string of the molecule is C=CC(=O)Nc1cccc2ccc(-c3cccc(C(=O)NCC(=O)Nc4cccc(OC)c4)n3)cc12. The Morgan fingerprint density at radius 1 is 0.944 bits per heavy atom. The maximum Gasteiger partial charge on any atom is 0.270 e. The lowest BCUT2D eigenvalue weighted by atomic mass is 10.0. The Labute approximate surface area is 208 Å². The largest absolute Gasteiger partial charge is 0.497 e. The van der Waals surface area contributed by atoms with Crippen molar-refractivity contribution in [3.63, 3.8) is 0 Å². The highest BCUT2D eigenvalue weighted by Gasteiger charge is 2.12. The number of pyridine rings is 1. The van der Waals surface area contributed by atoms with Crippen molar-refractivity contribution in [2.45, 2.75) is 0 Å². The Hall–Kier alpha value is -4.98. The van der Waals surface area contributed by atoms with Gasteiger partial charge in [0.1, 0.15) is 11.4 Å². The second kappa shape index (κ2) is 11.0. The molecule has 0 atom stereocenters. The first kappa shape index (κ1) is 24.2. The molecule has 3 aromatic carbocycles. The molecule has 0 unspecified atom stereocenters. The van der Waals surface area contributed by atoms with E-state index in [1.165, 1.54) is 6.08 Å². The molecule has 0 fully saturated rings. The molecule has 4 rings (SSSR count). The molecule has 0 radical (unpaired) electrons. The number of nitrogens with one attached hydrogen (secondary N) is 3. The van der Waals surface area contributed by atoms with E-state index in [4.69, 9.17) is 4.74 Å². The number of methoxy groups -OCH3 is 1. The molecule has 8 heteroatoms. The van der Waals surface area contributed by atoms with E-state index in [1.54, 1.807) is 55.6 Å². The molecule has 8 nitrogen and oxygen atoms in total. The topological polar surface area (TPSA) is 109 Å². The summed E-state index contributed by atoms with van der Waals surface area (Å²) in [5.41, 5.74) is 2.74. The van der Waals surface area contributed by atoms with Gasteiger partial charge in [-0.05, 0) is 47.9 Å². The van der Waals surface area contributed by atoms with Gasteiger partial charge in [-0.25, -0.2) is 4.98 Å². The first-order chi connectivity index (χ1) is 17.5. The summed E-state index contributed by atoms with van der Waals surface area (Å²) in [6, 6.07) is 23.4. The van der Waals surface area contributed by atoms with Crippen molar-refractivity contribution in [3.05, 3.63) is 97.2 Å². The minimum Gasteiger partial charge on any atom is -0.497 e. The Bertz CT molecular complexity index is 1470. The summed E-state index contributed by atoms with van der Waals surface area (Å²) in [5, 5.41) is 9.88. The maximum atomic E-state index is 12.7. The maximum absolute atomic E-state index is 12.7. The second-order valence-electron chi connectivity index (χ2n) is 7.81. The Morgan fingerprint density at radius 2 is 1.75 bits per heavy atom. The van der Waals surface area contributed by atoms with E-state index in [0.29, 0.717) is 22.8 Å². The number of anilines is 2. The summed E-state index contributed by atoms with van der Waals surface area (Å²) < 4.78 is 5.14. The zero-order valence-corrected chi connectivity index (χ0v) is 19.6. The molecule has 0 saturated carbocycles. The summed E-state index contributed by atoms with van der Waals surface area (Å²) >= 11 is 0. The smallest absolute Gasteiger partial charge is 0.270 e. The molecule has 1 aromatic heterocycles. The van der Waals surface area contributed by atoms with Crippen LogP contribution in [0, 0.1) is 0 Å². The normalized spacial score (nSPS) is 10.4. The van der Waals surface area contributed by atoms with Gasteiger partial charge >= 0.3 is 0 Å². The molecule has 180 valence electrons. The molecule has 0 aliphatic rings. The highest BCUT2D eigenvalue weighted by Crippen LogP contribution is 2.28. The van der Waals surface area contributed by atoms with Gasteiger partial charge in [-0.15, -0.1) is 0 Å². The van der Waals surface area contributed by atoms with Gasteiger partial charge in [0.2, 0.25) is 11.8 Å². The molecule has 1 heterocycles. The molecule has 0 aliphatic heterocycles. The van der Waals surface area contributed by atoms with Crippen molar-refractivity contribution >= 4 is 39.9 Å². The van der Waals surface area contributed by atoms with Crippen LogP contribution < -0.4 is 20.7 Å². The molecule has 4 aromatic rings. The van der Waals surface area contributed by atoms with Crippen LogP contribution in [0.2, 0.25) is 0 Å². The van der Waals surface area contributed by atoms with Crippen molar-refractivity contribution in [1.82, 2.24) is 10.3 Å². The number of amides is 3. The molecule has 0 saturated heterocycles. The molecule has 3 amide bonds. The quantitative estimate of drug-likeness (QED) is 0.324. The molecule has 36 heavy (non-hydrogen) atoms. The van der Waals surface area contributed by atoms with Crippen molar-refractivity contribution in [2.75, 3.05) is 24.3 Å². The highest BCUT2D eigenvalue weighted by atomic mass is 16.5. The van der Waals surface area contributed by atoms with Gasteiger partial charge in [-0.1, -0.05) is 43.0 Å². The van der Waals surface area contributed by atoms with Gasteiger partial charge in [0.05, 0.1) is 19.3 Å². The number of carbonyl (C=O) groups is 3. The molecule has 0 aliphatic carbocycles. The number of benzene rings is 3. The zero-order chi connectivity index (χ0) is 25.5. The number of rotatable bonds is 8. The van der Waals surface area contributed by atoms with Crippen molar-refractivity contribution in [2.24, 2.45) is 0 Å². The van der Waals surface area contributed by atoms with Crippen LogP contribution in [0.5, 0.6) is 5.75 Å². The third kappa shape index (κ3) is 5.74. The van der Waals surface area contributed by atoms with Crippen LogP contribution in [0.25, 0.3) is 22.0 Å². The monoisotopic (exact) mass is 480 g/mol. The Morgan fingerprint density at radius 3 is 2.56 bits per heavy atom. The highest BCUT2D eigenvalue weighted by molar-refractivity contribution is 6.06. The molecule has 0 bridgehead atoms. The second-order valence-corrected chi connectivity index (χ2v) is 7.81. The van der Waals surface area contributed by atoms with E-state index in [0.717, 1.165) is 16.3 Å². The summed E-state index contributed by atoms with van der Waals surface area (Å²) in [4.78, 5) is 41.2. The van der Waals surface area contributed by atoms with Crippen LogP contribution in [-0.2, 0) is 9.59 Å². The number of hydrogen-bond donors (Lipinski definition) is 3. The summed E-state index contributed by atoms with van der Waals surface area (Å²) in [6.07, 6.45) is 1.21. The van der Waals surface area contributed by atoms with E-state index < -0.39 is 5.91 Å². The van der Waals surface area contributed by atoms with E-state index >= 15 is 0 Å². The van der Waals surface area contributed by atoms with Gasteiger partial charge < -0.3 is 20.7 Å². The van der Waals surface area contributed by atoms with Crippen LogP contribution >= 0.6 is 0 Å². The molecular weight excluding hydrogens is 456 g/mol. The van der Waals surface area contributed by atoms with Crippen LogP contribution in [0.3, 0.4) is 0 Å². The van der Waals surface area contributed by atoms with E-state index in [-0.39, 0.29) is 24.1 Å². The fraction of sp³-hybridized carbons (Fsp3) is 0.0714. The van der Waals surface area contributed by atoms with Crippen LogP contribution in [-0.4, -0.2) is 36.4 Å².